The van der Waals surface area contributed by atoms with Crippen LogP contribution in [0.2, 0.25) is 0 Å². The molecule has 0 atom stereocenters. The maximum Gasteiger partial charge on any atom is 0.416 e. The number of rotatable bonds is 5. The fraction of sp³-hybridized carbons (Fsp3) is 0.259. The second kappa shape index (κ2) is 10.7. The SMILES string of the molecule is COC(=O)N1CCC(Oc2cccc(NC(=O)c3cc(C(F)(F)F)ccc3-c3ccccc3)c2)CC1. The van der Waals surface area contributed by atoms with Gasteiger partial charge in [0.05, 0.1) is 12.7 Å². The van der Waals surface area contributed by atoms with Gasteiger partial charge in [-0.05, 0) is 35.4 Å². The molecule has 1 saturated heterocycles. The quantitative estimate of drug-likeness (QED) is 0.453. The van der Waals surface area contributed by atoms with E-state index in [0.717, 1.165) is 12.1 Å². The molecule has 6 nitrogen and oxygen atoms in total. The molecule has 0 saturated carbocycles. The number of anilines is 1. The van der Waals surface area contributed by atoms with E-state index in [2.05, 4.69) is 5.32 Å². The first-order chi connectivity index (χ1) is 17.2. The molecule has 1 aliphatic heterocycles. The molecule has 0 aromatic heterocycles. The highest BCUT2D eigenvalue weighted by atomic mass is 19.4. The van der Waals surface area contributed by atoms with E-state index in [-0.39, 0.29) is 17.8 Å². The van der Waals surface area contributed by atoms with Gasteiger partial charge in [0.1, 0.15) is 11.9 Å². The summed E-state index contributed by atoms with van der Waals surface area (Å²) in [5, 5.41) is 2.70. The maximum atomic E-state index is 13.4. The summed E-state index contributed by atoms with van der Waals surface area (Å²) in [5.41, 5.74) is 0.429. The molecule has 36 heavy (non-hydrogen) atoms. The summed E-state index contributed by atoms with van der Waals surface area (Å²) in [6.45, 7) is 1.01. The van der Waals surface area contributed by atoms with E-state index in [9.17, 15) is 22.8 Å². The molecule has 3 aromatic carbocycles. The molecule has 3 aromatic rings. The standard InChI is InChI=1S/C27H25F3N2O4/c1-35-26(34)32-14-12-21(13-15-32)36-22-9-5-8-20(17-22)31-25(33)24-16-19(27(28,29)30)10-11-23(24)18-6-3-2-4-7-18/h2-11,16-17,21H,12-15H2,1H3,(H,31,33). The highest BCUT2D eigenvalue weighted by Gasteiger charge is 2.32. The molecule has 1 aliphatic rings. The smallest absolute Gasteiger partial charge is 0.416 e. The first-order valence-corrected chi connectivity index (χ1v) is 11.4. The number of alkyl halides is 3. The normalized spacial score (nSPS) is 14.3. The van der Waals surface area contributed by atoms with Gasteiger partial charge in [0.2, 0.25) is 0 Å². The van der Waals surface area contributed by atoms with Gasteiger partial charge in [-0.1, -0.05) is 42.5 Å². The minimum absolute atomic E-state index is 0.0856. The van der Waals surface area contributed by atoms with E-state index >= 15 is 0 Å². The van der Waals surface area contributed by atoms with Gasteiger partial charge in [-0.2, -0.15) is 13.2 Å². The first-order valence-electron chi connectivity index (χ1n) is 11.4. The largest absolute Gasteiger partial charge is 0.490 e. The number of nitrogens with zero attached hydrogens (tertiary/aromatic N) is 1. The van der Waals surface area contributed by atoms with Crippen LogP contribution >= 0.6 is 0 Å². The summed E-state index contributed by atoms with van der Waals surface area (Å²) in [7, 11) is 1.34. The molecule has 0 radical (unpaired) electrons. The molecular formula is C27H25F3N2O4. The third kappa shape index (κ3) is 5.97. The van der Waals surface area contributed by atoms with Crippen LogP contribution in [0.15, 0.2) is 72.8 Å². The van der Waals surface area contributed by atoms with Crippen molar-refractivity contribution in [3.63, 3.8) is 0 Å². The predicted molar refractivity (Wildman–Crippen MR) is 129 cm³/mol. The van der Waals surface area contributed by atoms with E-state index in [1.54, 1.807) is 59.5 Å². The lowest BCUT2D eigenvalue weighted by Gasteiger charge is -2.31. The number of ether oxygens (including phenoxy) is 2. The van der Waals surface area contributed by atoms with Crippen molar-refractivity contribution in [1.29, 1.82) is 0 Å². The van der Waals surface area contributed by atoms with Crippen molar-refractivity contribution in [1.82, 2.24) is 4.90 Å². The van der Waals surface area contributed by atoms with E-state index in [0.29, 0.717) is 48.5 Å². The molecule has 188 valence electrons. The number of likely N-dealkylation sites (tertiary alicyclic amines) is 1. The molecule has 4 rings (SSSR count). The van der Waals surface area contributed by atoms with Crippen LogP contribution in [0.3, 0.4) is 0 Å². The molecular weight excluding hydrogens is 473 g/mol. The summed E-state index contributed by atoms with van der Waals surface area (Å²) in [5.74, 6) is -0.153. The molecule has 9 heteroatoms. The van der Waals surface area contributed by atoms with Crippen molar-refractivity contribution < 1.29 is 32.2 Å². The zero-order chi connectivity index (χ0) is 25.7. The van der Waals surface area contributed by atoms with Crippen LogP contribution in [0.4, 0.5) is 23.7 Å². The lowest BCUT2D eigenvalue weighted by atomic mass is 9.96. The van der Waals surface area contributed by atoms with Gasteiger partial charge in [0.25, 0.3) is 5.91 Å². The molecule has 1 heterocycles. The zero-order valence-electron chi connectivity index (χ0n) is 19.5. The van der Waals surface area contributed by atoms with E-state index in [1.165, 1.54) is 13.2 Å². The van der Waals surface area contributed by atoms with Crippen molar-refractivity contribution in [2.24, 2.45) is 0 Å². The Kier molecular flexibility index (Phi) is 7.47. The number of benzene rings is 3. The summed E-state index contributed by atoms with van der Waals surface area (Å²) in [6.07, 6.45) is -3.83. The monoisotopic (exact) mass is 498 g/mol. The van der Waals surface area contributed by atoms with Gasteiger partial charge in [-0.25, -0.2) is 4.79 Å². The Morgan fingerprint density at radius 1 is 0.944 bits per heavy atom. The Labute approximate surface area is 206 Å². The van der Waals surface area contributed by atoms with Crippen LogP contribution in [0, 0.1) is 0 Å². The maximum absolute atomic E-state index is 13.4. The topological polar surface area (TPSA) is 67.9 Å². The Morgan fingerprint density at radius 2 is 1.67 bits per heavy atom. The van der Waals surface area contributed by atoms with Crippen molar-refractivity contribution in [3.05, 3.63) is 83.9 Å². The Bertz CT molecular complexity index is 1220. The molecule has 0 unspecified atom stereocenters. The van der Waals surface area contributed by atoms with Crippen LogP contribution in [-0.4, -0.2) is 43.2 Å². The van der Waals surface area contributed by atoms with Gasteiger partial charge in [0, 0.05) is 43.2 Å². The number of carbonyl (C=O) groups is 2. The summed E-state index contributed by atoms with van der Waals surface area (Å²) in [4.78, 5) is 26.4. The summed E-state index contributed by atoms with van der Waals surface area (Å²) in [6, 6.07) is 18.6. The average Bonchev–Trinajstić information content (AvgIpc) is 2.88. The molecule has 1 N–H and O–H groups in total. The van der Waals surface area contributed by atoms with Crippen LogP contribution in [-0.2, 0) is 10.9 Å². The van der Waals surface area contributed by atoms with Crippen molar-refractivity contribution in [3.8, 4) is 16.9 Å². The number of hydrogen-bond donors (Lipinski definition) is 1. The lowest BCUT2D eigenvalue weighted by molar-refractivity contribution is -0.137. The van der Waals surface area contributed by atoms with Crippen LogP contribution in [0.1, 0.15) is 28.8 Å². The molecule has 0 aliphatic carbocycles. The molecule has 0 bridgehead atoms. The molecule has 1 fully saturated rings. The van der Waals surface area contributed by atoms with Gasteiger partial charge in [0.15, 0.2) is 0 Å². The van der Waals surface area contributed by atoms with Gasteiger partial charge >= 0.3 is 12.3 Å². The predicted octanol–water partition coefficient (Wildman–Crippen LogP) is 6.23. The number of nitrogens with one attached hydrogen (secondary N) is 1. The Hall–Kier alpha value is -4.01. The van der Waals surface area contributed by atoms with E-state index < -0.39 is 17.6 Å². The van der Waals surface area contributed by atoms with Gasteiger partial charge in [-0.3, -0.25) is 4.79 Å². The van der Waals surface area contributed by atoms with Gasteiger partial charge in [-0.15, -0.1) is 0 Å². The van der Waals surface area contributed by atoms with Crippen molar-refractivity contribution in [2.45, 2.75) is 25.1 Å². The number of methoxy groups -OCH3 is 1. The average molecular weight is 499 g/mol. The fourth-order valence-electron chi connectivity index (χ4n) is 4.10. The molecule has 0 spiro atoms. The van der Waals surface area contributed by atoms with Crippen LogP contribution < -0.4 is 10.1 Å². The van der Waals surface area contributed by atoms with Crippen LogP contribution in [0.25, 0.3) is 11.1 Å². The first kappa shape index (κ1) is 25.1. The summed E-state index contributed by atoms with van der Waals surface area (Å²) < 4.78 is 50.9. The highest BCUT2D eigenvalue weighted by Crippen LogP contribution is 2.34. The Balaban J connectivity index is 1.51. The number of carbonyl (C=O) groups excluding carboxylic acids is 2. The second-order valence-electron chi connectivity index (χ2n) is 8.38. The summed E-state index contributed by atoms with van der Waals surface area (Å²) >= 11 is 0. The van der Waals surface area contributed by atoms with Gasteiger partial charge < -0.3 is 19.7 Å². The fourth-order valence-corrected chi connectivity index (χ4v) is 4.10. The second-order valence-corrected chi connectivity index (χ2v) is 8.38. The van der Waals surface area contributed by atoms with Crippen LogP contribution in [0.5, 0.6) is 5.75 Å². The number of amides is 2. The van der Waals surface area contributed by atoms with E-state index in [1.807, 2.05) is 0 Å². The number of hydrogen-bond acceptors (Lipinski definition) is 4. The Morgan fingerprint density at radius 3 is 2.33 bits per heavy atom. The number of piperidine rings is 1. The van der Waals surface area contributed by atoms with E-state index in [4.69, 9.17) is 9.47 Å². The third-order valence-corrected chi connectivity index (χ3v) is 5.95. The minimum atomic E-state index is -4.58. The third-order valence-electron chi connectivity index (χ3n) is 5.95. The number of halogens is 3. The molecule has 2 amide bonds. The zero-order valence-corrected chi connectivity index (χ0v) is 19.5. The highest BCUT2D eigenvalue weighted by molar-refractivity contribution is 6.09. The van der Waals surface area contributed by atoms with Crippen molar-refractivity contribution >= 4 is 17.7 Å². The van der Waals surface area contributed by atoms with Crippen molar-refractivity contribution in [2.75, 3.05) is 25.5 Å². The lowest BCUT2D eigenvalue weighted by Crippen LogP contribution is -2.41. The minimum Gasteiger partial charge on any atom is -0.490 e.